The van der Waals surface area contributed by atoms with Crippen molar-refractivity contribution < 1.29 is 16.8 Å². The van der Waals surface area contributed by atoms with Gasteiger partial charge in [0, 0.05) is 25.4 Å². The lowest BCUT2D eigenvalue weighted by atomic mass is 10.1. The minimum atomic E-state index is -3.50. The first-order valence-electron chi connectivity index (χ1n) is 7.25. The number of hydrogen-bond donors (Lipinski definition) is 1. The lowest BCUT2D eigenvalue weighted by molar-refractivity contribution is 0.265. The second kappa shape index (κ2) is 6.66. The molecular weight excluding hydrogens is 324 g/mol. The third-order valence-electron chi connectivity index (χ3n) is 3.86. The van der Waals surface area contributed by atoms with Crippen LogP contribution in [0, 0.1) is 0 Å². The SMILES string of the molecule is C[C@@H]1CCCCN1S(=O)(=O)NCc1ccc(S(C)(=O)=O)cc1. The van der Waals surface area contributed by atoms with Crippen LogP contribution in [0.4, 0.5) is 0 Å². The summed E-state index contributed by atoms with van der Waals surface area (Å²) in [7, 11) is -6.74. The molecule has 0 spiro atoms. The summed E-state index contributed by atoms with van der Waals surface area (Å²) < 4.78 is 51.5. The molecule has 1 aliphatic heterocycles. The van der Waals surface area contributed by atoms with E-state index < -0.39 is 20.0 Å². The maximum Gasteiger partial charge on any atom is 0.279 e. The van der Waals surface area contributed by atoms with E-state index in [-0.39, 0.29) is 17.5 Å². The molecule has 0 unspecified atom stereocenters. The number of hydrogen-bond acceptors (Lipinski definition) is 4. The summed E-state index contributed by atoms with van der Waals surface area (Å²) in [6, 6.07) is 6.24. The average molecular weight is 346 g/mol. The van der Waals surface area contributed by atoms with Crippen molar-refractivity contribution in [1.29, 1.82) is 0 Å². The van der Waals surface area contributed by atoms with Crippen LogP contribution in [-0.2, 0) is 26.6 Å². The zero-order chi connectivity index (χ0) is 16.4. The van der Waals surface area contributed by atoms with E-state index in [0.29, 0.717) is 6.54 Å². The van der Waals surface area contributed by atoms with Crippen molar-refractivity contribution >= 4 is 20.0 Å². The van der Waals surface area contributed by atoms with Crippen LogP contribution in [-0.4, -0.2) is 40.0 Å². The summed E-state index contributed by atoms with van der Waals surface area (Å²) in [5.41, 5.74) is 0.723. The van der Waals surface area contributed by atoms with Gasteiger partial charge in [0.25, 0.3) is 10.2 Å². The van der Waals surface area contributed by atoms with Gasteiger partial charge in [-0.15, -0.1) is 0 Å². The van der Waals surface area contributed by atoms with E-state index in [9.17, 15) is 16.8 Å². The Hall–Kier alpha value is -0.960. The number of nitrogens with one attached hydrogen (secondary N) is 1. The van der Waals surface area contributed by atoms with E-state index >= 15 is 0 Å². The molecule has 0 aromatic heterocycles. The van der Waals surface area contributed by atoms with E-state index in [1.807, 2.05) is 6.92 Å². The Labute approximate surface area is 132 Å². The molecule has 6 nitrogen and oxygen atoms in total. The third-order valence-corrected chi connectivity index (χ3v) is 6.66. The standard InChI is InChI=1S/C14H22N2O4S2/c1-12-5-3-4-10-16(12)22(19,20)15-11-13-6-8-14(9-7-13)21(2,17)18/h6-9,12,15H,3-5,10-11H2,1-2H3/t12-/m1/s1. The predicted molar refractivity (Wildman–Crippen MR) is 85.3 cm³/mol. The molecule has 1 heterocycles. The van der Waals surface area contributed by atoms with E-state index in [1.165, 1.54) is 16.4 Å². The zero-order valence-corrected chi connectivity index (χ0v) is 14.5. The molecule has 22 heavy (non-hydrogen) atoms. The van der Waals surface area contributed by atoms with Gasteiger partial charge in [-0.1, -0.05) is 18.6 Å². The number of rotatable bonds is 5. The summed E-state index contributed by atoms with van der Waals surface area (Å²) in [5.74, 6) is 0. The van der Waals surface area contributed by atoms with Crippen molar-refractivity contribution in [3.05, 3.63) is 29.8 Å². The van der Waals surface area contributed by atoms with Crippen molar-refractivity contribution in [1.82, 2.24) is 9.03 Å². The van der Waals surface area contributed by atoms with Crippen molar-refractivity contribution in [2.24, 2.45) is 0 Å². The van der Waals surface area contributed by atoms with Gasteiger partial charge in [-0.05, 0) is 37.5 Å². The lowest BCUT2D eigenvalue weighted by Gasteiger charge is -2.32. The molecule has 1 aliphatic rings. The van der Waals surface area contributed by atoms with Gasteiger partial charge in [0.15, 0.2) is 9.84 Å². The highest BCUT2D eigenvalue weighted by Gasteiger charge is 2.28. The Morgan fingerprint density at radius 2 is 1.77 bits per heavy atom. The molecule has 0 aliphatic carbocycles. The summed E-state index contributed by atoms with van der Waals surface area (Å²) in [5, 5.41) is 0. The fraction of sp³-hybridized carbons (Fsp3) is 0.571. The molecule has 0 amide bonds. The van der Waals surface area contributed by atoms with Crippen molar-refractivity contribution in [2.45, 2.75) is 43.7 Å². The van der Waals surface area contributed by atoms with Crippen LogP contribution in [0.5, 0.6) is 0 Å². The fourth-order valence-corrected chi connectivity index (χ4v) is 4.63. The van der Waals surface area contributed by atoms with Crippen LogP contribution in [0.3, 0.4) is 0 Å². The highest BCUT2D eigenvalue weighted by molar-refractivity contribution is 7.90. The van der Waals surface area contributed by atoms with Gasteiger partial charge in [-0.2, -0.15) is 17.4 Å². The highest BCUT2D eigenvalue weighted by Crippen LogP contribution is 2.19. The minimum absolute atomic E-state index is 0.0128. The lowest BCUT2D eigenvalue weighted by Crippen LogP contribution is -2.47. The van der Waals surface area contributed by atoms with E-state index in [0.717, 1.165) is 31.1 Å². The summed E-state index contributed by atoms with van der Waals surface area (Å²) in [6.07, 6.45) is 3.96. The van der Waals surface area contributed by atoms with Crippen LogP contribution < -0.4 is 4.72 Å². The number of benzene rings is 1. The Morgan fingerprint density at radius 1 is 1.14 bits per heavy atom. The molecule has 1 aromatic carbocycles. The molecular formula is C14H22N2O4S2. The summed E-state index contributed by atoms with van der Waals surface area (Å²) in [4.78, 5) is 0.226. The maximum atomic E-state index is 12.3. The van der Waals surface area contributed by atoms with Crippen molar-refractivity contribution in [2.75, 3.05) is 12.8 Å². The van der Waals surface area contributed by atoms with Gasteiger partial charge in [-0.3, -0.25) is 0 Å². The molecule has 0 saturated carbocycles. The molecule has 1 saturated heterocycles. The molecule has 0 bridgehead atoms. The van der Waals surface area contributed by atoms with Crippen LogP contribution in [0.25, 0.3) is 0 Å². The van der Waals surface area contributed by atoms with Crippen LogP contribution in [0.1, 0.15) is 31.7 Å². The first kappa shape index (κ1) is 17.4. The Bertz CT molecular complexity index is 712. The quantitative estimate of drug-likeness (QED) is 0.871. The topological polar surface area (TPSA) is 83.6 Å². The number of sulfone groups is 1. The van der Waals surface area contributed by atoms with Gasteiger partial charge in [0.2, 0.25) is 0 Å². The predicted octanol–water partition coefficient (Wildman–Crippen LogP) is 1.30. The Morgan fingerprint density at radius 3 is 2.32 bits per heavy atom. The highest BCUT2D eigenvalue weighted by atomic mass is 32.2. The van der Waals surface area contributed by atoms with Gasteiger partial charge in [-0.25, -0.2) is 8.42 Å². The van der Waals surface area contributed by atoms with E-state index in [4.69, 9.17) is 0 Å². The Kier molecular flexibility index (Phi) is 5.26. The van der Waals surface area contributed by atoms with Gasteiger partial charge in [0.05, 0.1) is 4.90 Å². The second-order valence-electron chi connectivity index (χ2n) is 5.70. The first-order valence-corrected chi connectivity index (χ1v) is 10.6. The minimum Gasteiger partial charge on any atom is -0.224 e. The average Bonchev–Trinajstić information content (AvgIpc) is 2.45. The fourth-order valence-electron chi connectivity index (χ4n) is 2.54. The molecule has 0 radical (unpaired) electrons. The molecule has 124 valence electrons. The molecule has 8 heteroatoms. The van der Waals surface area contributed by atoms with Gasteiger partial charge >= 0.3 is 0 Å². The normalized spacial score (nSPS) is 20.9. The molecule has 1 fully saturated rings. The molecule has 1 aromatic rings. The number of nitrogens with zero attached hydrogens (tertiary/aromatic N) is 1. The van der Waals surface area contributed by atoms with E-state index in [1.54, 1.807) is 12.1 Å². The van der Waals surface area contributed by atoms with Gasteiger partial charge in [0.1, 0.15) is 0 Å². The molecule has 1 atom stereocenters. The maximum absolute atomic E-state index is 12.3. The Balaban J connectivity index is 2.03. The second-order valence-corrected chi connectivity index (χ2v) is 9.42. The first-order chi connectivity index (χ1) is 10.2. The smallest absolute Gasteiger partial charge is 0.224 e. The monoisotopic (exact) mass is 346 g/mol. The van der Waals surface area contributed by atoms with Crippen LogP contribution >= 0.6 is 0 Å². The van der Waals surface area contributed by atoms with Crippen molar-refractivity contribution in [3.8, 4) is 0 Å². The van der Waals surface area contributed by atoms with Crippen LogP contribution in [0.2, 0.25) is 0 Å². The van der Waals surface area contributed by atoms with E-state index in [2.05, 4.69) is 4.72 Å². The summed E-state index contributed by atoms with van der Waals surface area (Å²) in [6.45, 7) is 2.61. The molecule has 2 rings (SSSR count). The third kappa shape index (κ3) is 4.28. The largest absolute Gasteiger partial charge is 0.279 e. The zero-order valence-electron chi connectivity index (χ0n) is 12.8. The summed E-state index contributed by atoms with van der Waals surface area (Å²) >= 11 is 0. The van der Waals surface area contributed by atoms with Crippen molar-refractivity contribution in [3.63, 3.8) is 0 Å². The van der Waals surface area contributed by atoms with Crippen LogP contribution in [0.15, 0.2) is 29.2 Å². The van der Waals surface area contributed by atoms with Gasteiger partial charge < -0.3 is 0 Å². The molecule has 1 N–H and O–H groups in total. The number of piperidine rings is 1.